The number of carbonyl (C=O) groups is 1. The largest absolute Gasteiger partial charge is 0.321 e. The second-order valence-corrected chi connectivity index (χ2v) is 6.53. The summed E-state index contributed by atoms with van der Waals surface area (Å²) < 4.78 is 0. The molecule has 2 saturated carbocycles. The molecule has 0 amide bonds. The van der Waals surface area contributed by atoms with Crippen LogP contribution in [0.4, 0.5) is 0 Å². The molecule has 2 aliphatic rings. The van der Waals surface area contributed by atoms with E-state index in [9.17, 15) is 4.79 Å². The molecule has 0 aromatic rings. The van der Waals surface area contributed by atoms with Crippen molar-refractivity contribution in [1.82, 2.24) is 0 Å². The van der Waals surface area contributed by atoms with Gasteiger partial charge in [-0.3, -0.25) is 4.79 Å². The molecule has 4 atom stereocenters. The third kappa shape index (κ3) is 1.96. The second-order valence-electron chi connectivity index (χ2n) is 6.53. The fourth-order valence-electron chi connectivity index (χ4n) is 3.25. The Morgan fingerprint density at radius 1 is 1.27 bits per heavy atom. The van der Waals surface area contributed by atoms with E-state index in [4.69, 9.17) is 5.73 Å². The Hall–Kier alpha value is -0.370. The van der Waals surface area contributed by atoms with E-state index in [1.807, 2.05) is 0 Å². The molecule has 0 heterocycles. The molecular formula is C13H23NO. The quantitative estimate of drug-likeness (QED) is 0.758. The van der Waals surface area contributed by atoms with E-state index in [1.54, 1.807) is 0 Å². The van der Waals surface area contributed by atoms with Gasteiger partial charge in [0, 0.05) is 5.92 Å². The van der Waals surface area contributed by atoms with Gasteiger partial charge in [0.25, 0.3) is 0 Å². The molecule has 2 N–H and O–H groups in total. The average molecular weight is 209 g/mol. The summed E-state index contributed by atoms with van der Waals surface area (Å²) in [6.45, 7) is 6.17. The highest BCUT2D eigenvalue weighted by Gasteiger charge is 2.45. The van der Waals surface area contributed by atoms with Gasteiger partial charge in [-0.2, -0.15) is 0 Å². The van der Waals surface area contributed by atoms with E-state index in [0.717, 1.165) is 12.3 Å². The molecule has 0 radical (unpaired) electrons. The van der Waals surface area contributed by atoms with E-state index in [-0.39, 0.29) is 17.4 Å². The van der Waals surface area contributed by atoms with Gasteiger partial charge in [0.2, 0.25) is 0 Å². The molecule has 2 aliphatic carbocycles. The van der Waals surface area contributed by atoms with Gasteiger partial charge in [0.1, 0.15) is 0 Å². The standard InChI is InChI=1S/C13H23NO/c1-13(2,3)12(14)11(15)10-7-8-4-5-9(10)6-8/h8-10,12H,4-7,14H2,1-3H3. The first-order chi connectivity index (χ1) is 6.89. The molecule has 0 aromatic carbocycles. The number of hydrogen-bond acceptors (Lipinski definition) is 2. The maximum Gasteiger partial charge on any atom is 0.153 e. The second kappa shape index (κ2) is 3.58. The molecule has 0 saturated heterocycles. The van der Waals surface area contributed by atoms with Crippen LogP contribution in [0.3, 0.4) is 0 Å². The van der Waals surface area contributed by atoms with Gasteiger partial charge in [0.05, 0.1) is 6.04 Å². The summed E-state index contributed by atoms with van der Waals surface area (Å²) in [6.07, 6.45) is 5.01. The van der Waals surface area contributed by atoms with Crippen LogP contribution >= 0.6 is 0 Å². The maximum atomic E-state index is 12.3. The van der Waals surface area contributed by atoms with E-state index in [0.29, 0.717) is 11.7 Å². The van der Waals surface area contributed by atoms with Gasteiger partial charge in [-0.25, -0.2) is 0 Å². The highest BCUT2D eigenvalue weighted by atomic mass is 16.1. The zero-order chi connectivity index (χ0) is 11.2. The average Bonchev–Trinajstić information content (AvgIpc) is 2.74. The summed E-state index contributed by atoms with van der Waals surface area (Å²) in [5.41, 5.74) is 5.97. The fourth-order valence-corrected chi connectivity index (χ4v) is 3.25. The lowest BCUT2D eigenvalue weighted by atomic mass is 9.76. The SMILES string of the molecule is CC(C)(C)C(N)C(=O)C1CC2CCC1C2. The van der Waals surface area contributed by atoms with Crippen molar-refractivity contribution in [1.29, 1.82) is 0 Å². The fraction of sp³-hybridized carbons (Fsp3) is 0.923. The smallest absolute Gasteiger partial charge is 0.153 e. The van der Waals surface area contributed by atoms with Crippen molar-refractivity contribution in [3.8, 4) is 0 Å². The van der Waals surface area contributed by atoms with Crippen molar-refractivity contribution >= 4 is 5.78 Å². The molecule has 0 aromatic heterocycles. The summed E-state index contributed by atoms with van der Waals surface area (Å²) in [5.74, 6) is 2.11. The van der Waals surface area contributed by atoms with E-state index < -0.39 is 0 Å². The molecule has 2 heteroatoms. The summed E-state index contributed by atoms with van der Waals surface area (Å²) in [6, 6.07) is -0.276. The van der Waals surface area contributed by atoms with Crippen LogP contribution in [0.25, 0.3) is 0 Å². The number of hydrogen-bond donors (Lipinski definition) is 1. The van der Waals surface area contributed by atoms with Crippen LogP contribution in [-0.2, 0) is 4.79 Å². The van der Waals surface area contributed by atoms with Crippen LogP contribution in [0.5, 0.6) is 0 Å². The molecule has 2 nitrogen and oxygen atoms in total. The van der Waals surface area contributed by atoms with E-state index >= 15 is 0 Å². The minimum absolute atomic E-state index is 0.0844. The van der Waals surface area contributed by atoms with E-state index in [2.05, 4.69) is 20.8 Å². The van der Waals surface area contributed by atoms with Crippen LogP contribution in [0, 0.1) is 23.2 Å². The minimum Gasteiger partial charge on any atom is -0.321 e. The molecule has 2 fully saturated rings. The molecule has 2 bridgehead atoms. The molecule has 86 valence electrons. The number of ketones is 1. The monoisotopic (exact) mass is 209 g/mol. The lowest BCUT2D eigenvalue weighted by Crippen LogP contribution is -2.46. The van der Waals surface area contributed by atoms with Crippen LogP contribution in [0.1, 0.15) is 46.5 Å². The number of rotatable bonds is 2. The van der Waals surface area contributed by atoms with Crippen molar-refractivity contribution in [3.05, 3.63) is 0 Å². The van der Waals surface area contributed by atoms with Crippen LogP contribution in [-0.4, -0.2) is 11.8 Å². The number of Topliss-reactive ketones (excluding diaryl/α,β-unsaturated/α-hetero) is 1. The number of fused-ring (bicyclic) bond motifs is 2. The van der Waals surface area contributed by atoms with Crippen molar-refractivity contribution < 1.29 is 4.79 Å². The summed E-state index contributed by atoms with van der Waals surface area (Å²) in [5, 5.41) is 0. The number of nitrogens with two attached hydrogens (primary N) is 1. The molecule has 15 heavy (non-hydrogen) atoms. The van der Waals surface area contributed by atoms with Gasteiger partial charge in [-0.05, 0) is 36.5 Å². The van der Waals surface area contributed by atoms with Crippen molar-refractivity contribution in [3.63, 3.8) is 0 Å². The molecule has 0 aliphatic heterocycles. The Labute approximate surface area is 92.6 Å². The lowest BCUT2D eigenvalue weighted by Gasteiger charge is -2.30. The van der Waals surface area contributed by atoms with Crippen LogP contribution in [0.2, 0.25) is 0 Å². The summed E-state index contributed by atoms with van der Waals surface area (Å²) in [4.78, 5) is 12.3. The minimum atomic E-state index is -0.276. The first-order valence-corrected chi connectivity index (χ1v) is 6.19. The third-order valence-electron chi connectivity index (χ3n) is 4.34. The predicted octanol–water partition coefficient (Wildman–Crippen LogP) is 2.37. The Kier molecular flexibility index (Phi) is 2.66. The molecule has 0 spiro atoms. The lowest BCUT2D eigenvalue weighted by molar-refractivity contribution is -0.127. The topological polar surface area (TPSA) is 43.1 Å². The first-order valence-electron chi connectivity index (χ1n) is 6.19. The third-order valence-corrected chi connectivity index (χ3v) is 4.34. The predicted molar refractivity (Wildman–Crippen MR) is 61.4 cm³/mol. The first kappa shape index (κ1) is 11.1. The van der Waals surface area contributed by atoms with Crippen LogP contribution in [0.15, 0.2) is 0 Å². The van der Waals surface area contributed by atoms with Gasteiger partial charge in [-0.1, -0.05) is 27.2 Å². The van der Waals surface area contributed by atoms with Crippen LogP contribution < -0.4 is 5.73 Å². The summed E-state index contributed by atoms with van der Waals surface area (Å²) in [7, 11) is 0. The molecule has 2 rings (SSSR count). The highest BCUT2D eigenvalue weighted by Crippen LogP contribution is 2.49. The Balaban J connectivity index is 2.03. The van der Waals surface area contributed by atoms with E-state index in [1.165, 1.54) is 19.3 Å². The van der Waals surface area contributed by atoms with Gasteiger partial charge < -0.3 is 5.73 Å². The zero-order valence-electron chi connectivity index (χ0n) is 10.1. The van der Waals surface area contributed by atoms with Crippen molar-refractivity contribution in [2.75, 3.05) is 0 Å². The Morgan fingerprint density at radius 3 is 2.33 bits per heavy atom. The zero-order valence-corrected chi connectivity index (χ0v) is 10.1. The molecular weight excluding hydrogens is 186 g/mol. The number of carbonyl (C=O) groups excluding carboxylic acids is 1. The normalized spacial score (nSPS) is 36.9. The molecule has 4 unspecified atom stereocenters. The highest BCUT2D eigenvalue weighted by molar-refractivity contribution is 5.87. The van der Waals surface area contributed by atoms with Crippen molar-refractivity contribution in [2.45, 2.75) is 52.5 Å². The van der Waals surface area contributed by atoms with Gasteiger partial charge >= 0.3 is 0 Å². The Bertz CT molecular complexity index is 266. The van der Waals surface area contributed by atoms with Gasteiger partial charge in [-0.15, -0.1) is 0 Å². The summed E-state index contributed by atoms with van der Waals surface area (Å²) >= 11 is 0. The maximum absolute atomic E-state index is 12.3. The van der Waals surface area contributed by atoms with Crippen molar-refractivity contribution in [2.24, 2.45) is 28.9 Å². The Morgan fingerprint density at radius 2 is 1.93 bits per heavy atom. The van der Waals surface area contributed by atoms with Gasteiger partial charge in [0.15, 0.2) is 5.78 Å².